The number of hydrogen-bond donors (Lipinski definition) is 2. The first kappa shape index (κ1) is 16.7. The van der Waals surface area contributed by atoms with Gasteiger partial charge < -0.3 is 11.1 Å². The first-order chi connectivity index (χ1) is 12.0. The number of nitrogens with two attached hydrogens (primary N) is 1. The van der Waals surface area contributed by atoms with Crippen molar-refractivity contribution in [2.75, 3.05) is 5.32 Å². The van der Waals surface area contributed by atoms with Gasteiger partial charge in [0, 0.05) is 29.7 Å². The highest BCUT2D eigenvalue weighted by molar-refractivity contribution is 5.91. The largest absolute Gasteiger partial charge is 0.381 e. The van der Waals surface area contributed by atoms with Crippen molar-refractivity contribution in [3.63, 3.8) is 0 Å². The molecule has 2 aromatic heterocycles. The summed E-state index contributed by atoms with van der Waals surface area (Å²) in [7, 11) is 0. The van der Waals surface area contributed by atoms with Gasteiger partial charge >= 0.3 is 0 Å². The summed E-state index contributed by atoms with van der Waals surface area (Å²) >= 11 is 0. The molecule has 0 saturated heterocycles. The number of hydrogen-bond acceptors (Lipinski definition) is 4. The Morgan fingerprint density at radius 1 is 1.20 bits per heavy atom. The fourth-order valence-electron chi connectivity index (χ4n) is 2.77. The van der Waals surface area contributed by atoms with Gasteiger partial charge in [0.15, 0.2) is 0 Å². The molecule has 0 saturated carbocycles. The summed E-state index contributed by atoms with van der Waals surface area (Å²) in [5.41, 5.74) is 10.8. The molecule has 0 radical (unpaired) electrons. The highest BCUT2D eigenvalue weighted by Crippen LogP contribution is 2.17. The molecule has 6 heteroatoms. The van der Waals surface area contributed by atoms with Crippen LogP contribution in [0.4, 0.5) is 5.69 Å². The Bertz CT molecular complexity index is 886. The fourth-order valence-corrected chi connectivity index (χ4v) is 2.77. The van der Waals surface area contributed by atoms with Crippen LogP contribution in [0.3, 0.4) is 0 Å². The minimum Gasteiger partial charge on any atom is -0.381 e. The summed E-state index contributed by atoms with van der Waals surface area (Å²) in [4.78, 5) is 15.2. The Morgan fingerprint density at radius 3 is 2.68 bits per heavy atom. The van der Waals surface area contributed by atoms with Gasteiger partial charge in [-0.15, -0.1) is 0 Å². The molecule has 6 nitrogen and oxygen atoms in total. The van der Waals surface area contributed by atoms with Crippen LogP contribution < -0.4 is 11.1 Å². The van der Waals surface area contributed by atoms with E-state index >= 15 is 0 Å². The maximum atomic E-state index is 11.2. The van der Waals surface area contributed by atoms with E-state index < -0.39 is 5.91 Å². The van der Waals surface area contributed by atoms with Gasteiger partial charge in [-0.2, -0.15) is 5.10 Å². The highest BCUT2D eigenvalue weighted by atomic mass is 16.1. The molecular weight excluding hydrogens is 314 g/mol. The zero-order chi connectivity index (χ0) is 17.8. The Labute approximate surface area is 146 Å². The molecule has 3 aromatic rings. The molecule has 0 aliphatic rings. The highest BCUT2D eigenvalue weighted by Gasteiger charge is 2.12. The second-order valence-electron chi connectivity index (χ2n) is 5.94. The molecule has 0 bridgehead atoms. The number of anilines is 1. The lowest BCUT2D eigenvalue weighted by Crippen LogP contribution is -2.13. The van der Waals surface area contributed by atoms with E-state index in [1.54, 1.807) is 12.3 Å². The van der Waals surface area contributed by atoms with Crippen molar-refractivity contribution >= 4 is 11.6 Å². The Hall–Kier alpha value is -3.15. The number of benzene rings is 1. The molecule has 1 aromatic carbocycles. The number of nitrogens with one attached hydrogen (secondary N) is 1. The molecular formula is C19H21N5O. The van der Waals surface area contributed by atoms with Crippen LogP contribution >= 0.6 is 0 Å². The molecule has 128 valence electrons. The fraction of sp³-hybridized carbons (Fsp3) is 0.211. The van der Waals surface area contributed by atoms with Crippen LogP contribution in [0.15, 0.2) is 48.7 Å². The quantitative estimate of drug-likeness (QED) is 0.725. The van der Waals surface area contributed by atoms with Gasteiger partial charge in [-0.1, -0.05) is 30.3 Å². The second kappa shape index (κ2) is 7.17. The average molecular weight is 335 g/mol. The van der Waals surface area contributed by atoms with Gasteiger partial charge in [-0.05, 0) is 31.5 Å². The number of nitrogens with zero attached hydrogens (tertiary/aromatic N) is 3. The number of carbonyl (C=O) groups excluding carboxylic acids is 1. The Kier molecular flexibility index (Phi) is 4.79. The molecule has 0 aliphatic heterocycles. The molecule has 3 N–H and O–H groups in total. The van der Waals surface area contributed by atoms with Crippen molar-refractivity contribution in [3.05, 3.63) is 76.9 Å². The summed E-state index contributed by atoms with van der Waals surface area (Å²) in [6.45, 7) is 5.44. The molecule has 3 rings (SSSR count). The van der Waals surface area contributed by atoms with Crippen LogP contribution in [-0.2, 0) is 13.1 Å². The van der Waals surface area contributed by atoms with E-state index in [-0.39, 0.29) is 5.69 Å². The summed E-state index contributed by atoms with van der Waals surface area (Å²) in [5, 5.41) is 7.97. The average Bonchev–Trinajstić information content (AvgIpc) is 2.87. The van der Waals surface area contributed by atoms with Crippen molar-refractivity contribution in [1.82, 2.24) is 14.8 Å². The molecule has 0 atom stereocenters. The van der Waals surface area contributed by atoms with Crippen molar-refractivity contribution < 1.29 is 4.79 Å². The first-order valence-electron chi connectivity index (χ1n) is 8.11. The monoisotopic (exact) mass is 335 g/mol. The van der Waals surface area contributed by atoms with Crippen molar-refractivity contribution in [1.29, 1.82) is 0 Å². The lowest BCUT2D eigenvalue weighted by Gasteiger charge is -2.08. The van der Waals surface area contributed by atoms with E-state index in [0.717, 1.165) is 29.2 Å². The topological polar surface area (TPSA) is 85.8 Å². The summed E-state index contributed by atoms with van der Waals surface area (Å²) < 4.78 is 2.02. The number of primary amides is 1. The van der Waals surface area contributed by atoms with Crippen molar-refractivity contribution in [2.45, 2.75) is 26.9 Å². The van der Waals surface area contributed by atoms with Gasteiger partial charge in [0.2, 0.25) is 0 Å². The van der Waals surface area contributed by atoms with Crippen LogP contribution in [0.5, 0.6) is 0 Å². The van der Waals surface area contributed by atoms with Crippen LogP contribution in [0.1, 0.15) is 33.0 Å². The van der Waals surface area contributed by atoms with Crippen molar-refractivity contribution in [3.8, 4) is 0 Å². The minimum atomic E-state index is -0.535. The molecule has 0 aliphatic carbocycles. The van der Waals surface area contributed by atoms with Crippen LogP contribution in [-0.4, -0.2) is 20.7 Å². The third kappa shape index (κ3) is 3.85. The molecule has 2 heterocycles. The lowest BCUT2D eigenvalue weighted by atomic mass is 10.2. The van der Waals surface area contributed by atoms with Gasteiger partial charge in [0.05, 0.1) is 12.2 Å². The van der Waals surface area contributed by atoms with E-state index in [0.29, 0.717) is 6.54 Å². The SMILES string of the molecule is Cc1nn(Cc2ccccc2)c(C)c1CNc1ccnc(C(N)=O)c1. The van der Waals surface area contributed by atoms with E-state index in [2.05, 4.69) is 34.5 Å². The lowest BCUT2D eigenvalue weighted by molar-refractivity contribution is 0.0995. The summed E-state index contributed by atoms with van der Waals surface area (Å²) in [6, 6.07) is 13.7. The number of carbonyl (C=O) groups is 1. The summed E-state index contributed by atoms with van der Waals surface area (Å²) in [5.74, 6) is -0.535. The predicted molar refractivity (Wildman–Crippen MR) is 97.3 cm³/mol. The maximum Gasteiger partial charge on any atom is 0.267 e. The van der Waals surface area contributed by atoms with E-state index in [9.17, 15) is 4.79 Å². The Morgan fingerprint density at radius 2 is 1.96 bits per heavy atom. The van der Waals surface area contributed by atoms with Crippen LogP contribution in [0.2, 0.25) is 0 Å². The van der Waals surface area contributed by atoms with E-state index in [4.69, 9.17) is 5.73 Å². The smallest absolute Gasteiger partial charge is 0.267 e. The normalized spacial score (nSPS) is 10.6. The van der Waals surface area contributed by atoms with Crippen LogP contribution in [0.25, 0.3) is 0 Å². The first-order valence-corrected chi connectivity index (χ1v) is 8.11. The molecule has 0 unspecified atom stereocenters. The Balaban J connectivity index is 1.75. The van der Waals surface area contributed by atoms with Crippen molar-refractivity contribution in [2.24, 2.45) is 5.73 Å². The molecule has 25 heavy (non-hydrogen) atoms. The number of amides is 1. The van der Waals surface area contributed by atoms with Gasteiger partial charge in [0.25, 0.3) is 5.91 Å². The minimum absolute atomic E-state index is 0.248. The molecule has 0 spiro atoms. The van der Waals surface area contributed by atoms with Gasteiger partial charge in [-0.3, -0.25) is 14.5 Å². The standard InChI is InChI=1S/C19H21N5O/c1-13-17(11-22-16-8-9-21-18(10-16)19(20)25)14(2)24(23-13)12-15-6-4-3-5-7-15/h3-10H,11-12H2,1-2H3,(H2,20,25)(H,21,22). The molecule has 1 amide bonds. The van der Waals surface area contributed by atoms with E-state index in [1.807, 2.05) is 35.9 Å². The zero-order valence-corrected chi connectivity index (χ0v) is 14.4. The predicted octanol–water partition coefficient (Wildman–Crippen LogP) is 2.65. The maximum absolute atomic E-state index is 11.2. The summed E-state index contributed by atoms with van der Waals surface area (Å²) in [6.07, 6.45) is 1.57. The third-order valence-electron chi connectivity index (χ3n) is 4.19. The van der Waals surface area contributed by atoms with Gasteiger partial charge in [-0.25, -0.2) is 0 Å². The second-order valence-corrected chi connectivity index (χ2v) is 5.94. The number of aromatic nitrogens is 3. The number of rotatable bonds is 6. The van der Waals surface area contributed by atoms with E-state index in [1.165, 1.54) is 5.56 Å². The molecule has 0 fully saturated rings. The van der Waals surface area contributed by atoms with Crippen LogP contribution in [0, 0.1) is 13.8 Å². The number of pyridine rings is 1. The zero-order valence-electron chi connectivity index (χ0n) is 14.4. The third-order valence-corrected chi connectivity index (χ3v) is 4.19. The number of aryl methyl sites for hydroxylation is 1. The van der Waals surface area contributed by atoms with Gasteiger partial charge in [0.1, 0.15) is 5.69 Å².